The van der Waals surface area contributed by atoms with E-state index in [0.717, 1.165) is 90.8 Å². The Bertz CT molecular complexity index is 2840. The van der Waals surface area contributed by atoms with Crippen LogP contribution in [0.1, 0.15) is 19.4 Å². The molecule has 0 aliphatic heterocycles. The van der Waals surface area contributed by atoms with Gasteiger partial charge in [0.2, 0.25) is 0 Å². The second kappa shape index (κ2) is 14.9. The molecule has 0 saturated carbocycles. The average molecular weight is 749 g/mol. The minimum atomic E-state index is 0.580. The van der Waals surface area contributed by atoms with Crippen molar-refractivity contribution < 1.29 is 0 Å². The Labute approximate surface area is 337 Å². The van der Waals surface area contributed by atoms with Crippen LogP contribution < -0.4 is 0 Å². The predicted octanol–water partition coefficient (Wildman–Crippen LogP) is 12.6. The van der Waals surface area contributed by atoms with Gasteiger partial charge in [-0.05, 0) is 48.2 Å². The van der Waals surface area contributed by atoms with E-state index in [4.69, 9.17) is 19.9 Å². The molecule has 0 bridgehead atoms. The third-order valence-electron chi connectivity index (χ3n) is 10.6. The molecule has 0 N–H and O–H groups in total. The molecule has 5 aromatic carbocycles. The highest BCUT2D eigenvalue weighted by atomic mass is 15.0. The van der Waals surface area contributed by atoms with Crippen molar-refractivity contribution >= 4 is 11.3 Å². The Balaban J connectivity index is 1.05. The van der Waals surface area contributed by atoms with Crippen molar-refractivity contribution in [1.82, 2.24) is 28.7 Å². The molecule has 0 atom stereocenters. The lowest BCUT2D eigenvalue weighted by Crippen LogP contribution is -1.97. The first-order valence-electron chi connectivity index (χ1n) is 19.8. The van der Waals surface area contributed by atoms with E-state index in [0.29, 0.717) is 11.7 Å². The number of hydrogen-bond donors (Lipinski definition) is 0. The molecule has 0 radical (unpaired) electrons. The van der Waals surface area contributed by atoms with Gasteiger partial charge in [0.25, 0.3) is 0 Å². The molecule has 6 heteroatoms. The predicted molar refractivity (Wildman–Crippen MR) is 236 cm³/mol. The minimum Gasteiger partial charge on any atom is -0.299 e. The number of rotatable bonds is 9. The molecule has 10 aromatic rings. The van der Waals surface area contributed by atoms with Crippen LogP contribution in [0.5, 0.6) is 0 Å². The van der Waals surface area contributed by atoms with Crippen LogP contribution in [0.2, 0.25) is 0 Å². The summed E-state index contributed by atoms with van der Waals surface area (Å²) in [6, 6.07) is 61.2. The first kappa shape index (κ1) is 35.0. The number of benzene rings is 5. The van der Waals surface area contributed by atoms with E-state index < -0.39 is 0 Å². The fourth-order valence-electron chi connectivity index (χ4n) is 7.87. The van der Waals surface area contributed by atoms with Gasteiger partial charge in [-0.2, -0.15) is 0 Å². The zero-order valence-corrected chi connectivity index (χ0v) is 32.4. The molecule has 0 unspecified atom stereocenters. The fourth-order valence-corrected chi connectivity index (χ4v) is 7.87. The monoisotopic (exact) mass is 748 g/mol. The molecule has 278 valence electrons. The summed E-state index contributed by atoms with van der Waals surface area (Å²) in [4.78, 5) is 20.5. The number of hydrogen-bond acceptors (Lipinski definition) is 4. The second-order valence-corrected chi connectivity index (χ2v) is 15.1. The highest BCUT2D eigenvalue weighted by molar-refractivity contribution is 5.85. The number of nitrogens with zero attached hydrogens (tertiary/aromatic N) is 6. The molecule has 6 nitrogen and oxygen atoms in total. The molecule has 58 heavy (non-hydrogen) atoms. The Morgan fingerprint density at radius 3 is 1.26 bits per heavy atom. The smallest absolute Gasteiger partial charge is 0.160 e. The second-order valence-electron chi connectivity index (χ2n) is 15.1. The molecule has 0 amide bonds. The van der Waals surface area contributed by atoms with E-state index in [1.165, 1.54) is 5.56 Å². The van der Waals surface area contributed by atoms with Gasteiger partial charge in [-0.1, -0.05) is 159 Å². The molecule has 0 saturated heterocycles. The SMILES string of the molecule is CC(C)Cc1ccc(-c2nc(-c3ccc(-c4nc5ccccn5c4-c4ccccc4)cc3)cc(-c3ccc(-c4nc5ccccn5c4-c4ccccc4)cc3)n2)cc1. The summed E-state index contributed by atoms with van der Waals surface area (Å²) < 4.78 is 4.33. The molecular weight excluding hydrogens is 709 g/mol. The summed E-state index contributed by atoms with van der Waals surface area (Å²) >= 11 is 0. The standard InChI is InChI=1S/C52H40N6/c1-35(2)33-36-19-21-43(22-20-36)52-53-44(37-23-27-39(28-24-37)48-50(41-13-5-3-6-14-41)57-31-11-9-17-46(57)55-48)34-45(54-52)38-25-29-40(30-26-38)49-51(42-15-7-4-8-16-42)58-32-12-10-18-47(58)56-49/h3-32,34-35H,33H2,1-2H3. The molecular formula is C52H40N6. The van der Waals surface area contributed by atoms with Crippen LogP contribution in [0.4, 0.5) is 0 Å². The van der Waals surface area contributed by atoms with Gasteiger partial charge in [-0.15, -0.1) is 0 Å². The summed E-state index contributed by atoms with van der Waals surface area (Å²) in [6.07, 6.45) is 5.18. The largest absolute Gasteiger partial charge is 0.299 e. The van der Waals surface area contributed by atoms with Gasteiger partial charge < -0.3 is 0 Å². The summed E-state index contributed by atoms with van der Waals surface area (Å²) in [5, 5.41) is 0. The number of pyridine rings is 2. The van der Waals surface area contributed by atoms with Gasteiger partial charge in [0.1, 0.15) is 11.3 Å². The lowest BCUT2D eigenvalue weighted by Gasteiger charge is -2.12. The Morgan fingerprint density at radius 2 is 0.810 bits per heavy atom. The highest BCUT2D eigenvalue weighted by Gasteiger charge is 2.19. The van der Waals surface area contributed by atoms with Gasteiger partial charge in [0.05, 0.1) is 34.2 Å². The van der Waals surface area contributed by atoms with E-state index in [1.807, 2.05) is 36.4 Å². The zero-order valence-electron chi connectivity index (χ0n) is 32.4. The van der Waals surface area contributed by atoms with Crippen LogP contribution in [0.15, 0.2) is 188 Å². The number of aromatic nitrogens is 6. The van der Waals surface area contributed by atoms with Crippen molar-refractivity contribution in [3.8, 4) is 78.9 Å². The summed E-state index contributed by atoms with van der Waals surface area (Å²) in [5.41, 5.74) is 16.2. The molecule has 0 aliphatic carbocycles. The molecule has 0 aliphatic rings. The van der Waals surface area contributed by atoms with Crippen molar-refractivity contribution in [2.45, 2.75) is 20.3 Å². The van der Waals surface area contributed by atoms with Crippen molar-refractivity contribution in [1.29, 1.82) is 0 Å². The van der Waals surface area contributed by atoms with Crippen molar-refractivity contribution in [2.24, 2.45) is 5.92 Å². The maximum absolute atomic E-state index is 5.18. The van der Waals surface area contributed by atoms with E-state index in [9.17, 15) is 0 Å². The number of fused-ring (bicyclic) bond motifs is 2. The maximum atomic E-state index is 5.18. The first-order chi connectivity index (χ1) is 28.6. The van der Waals surface area contributed by atoms with E-state index in [-0.39, 0.29) is 0 Å². The van der Waals surface area contributed by atoms with E-state index >= 15 is 0 Å². The normalized spacial score (nSPS) is 11.5. The number of imidazole rings is 2. The topological polar surface area (TPSA) is 60.4 Å². The highest BCUT2D eigenvalue weighted by Crippen LogP contribution is 2.37. The zero-order chi connectivity index (χ0) is 39.0. The third kappa shape index (κ3) is 6.65. The van der Waals surface area contributed by atoms with E-state index in [1.54, 1.807) is 0 Å². The van der Waals surface area contributed by atoms with E-state index in [2.05, 4.69) is 175 Å². The quantitative estimate of drug-likeness (QED) is 0.147. The Kier molecular flexibility index (Phi) is 8.99. The average Bonchev–Trinajstić information content (AvgIpc) is 3.87. The Morgan fingerprint density at radius 1 is 0.397 bits per heavy atom. The molecule has 10 rings (SSSR count). The summed E-state index contributed by atoms with van der Waals surface area (Å²) in [6.45, 7) is 4.50. The van der Waals surface area contributed by atoms with Crippen molar-refractivity contribution in [3.63, 3.8) is 0 Å². The van der Waals surface area contributed by atoms with Crippen molar-refractivity contribution in [3.05, 3.63) is 194 Å². The van der Waals surface area contributed by atoms with Gasteiger partial charge >= 0.3 is 0 Å². The van der Waals surface area contributed by atoms with Crippen LogP contribution in [-0.2, 0) is 6.42 Å². The van der Waals surface area contributed by atoms with Crippen LogP contribution in [-0.4, -0.2) is 28.7 Å². The maximum Gasteiger partial charge on any atom is 0.160 e. The van der Waals surface area contributed by atoms with Crippen LogP contribution in [0.3, 0.4) is 0 Å². The van der Waals surface area contributed by atoms with Gasteiger partial charge in [0, 0.05) is 51.3 Å². The lowest BCUT2D eigenvalue weighted by atomic mass is 10.00. The van der Waals surface area contributed by atoms with Gasteiger partial charge in [-0.25, -0.2) is 19.9 Å². The van der Waals surface area contributed by atoms with Gasteiger partial charge in [0.15, 0.2) is 5.82 Å². The van der Waals surface area contributed by atoms with Crippen LogP contribution in [0.25, 0.3) is 90.2 Å². The molecule has 5 heterocycles. The Hall–Kier alpha value is -7.44. The molecule has 0 spiro atoms. The summed E-state index contributed by atoms with van der Waals surface area (Å²) in [7, 11) is 0. The van der Waals surface area contributed by atoms with Crippen LogP contribution >= 0.6 is 0 Å². The van der Waals surface area contributed by atoms with Gasteiger partial charge in [-0.3, -0.25) is 8.80 Å². The molecule has 5 aromatic heterocycles. The lowest BCUT2D eigenvalue weighted by molar-refractivity contribution is 0.647. The minimum absolute atomic E-state index is 0.580. The first-order valence-corrected chi connectivity index (χ1v) is 19.8. The summed E-state index contributed by atoms with van der Waals surface area (Å²) in [5.74, 6) is 1.27. The van der Waals surface area contributed by atoms with Crippen molar-refractivity contribution in [2.75, 3.05) is 0 Å². The van der Waals surface area contributed by atoms with Crippen LogP contribution in [0, 0.1) is 5.92 Å². The third-order valence-corrected chi connectivity index (χ3v) is 10.6. The molecule has 0 fully saturated rings. The fraction of sp³-hybridized carbons (Fsp3) is 0.0769.